The molecular weight excluding hydrogens is 322 g/mol. The highest BCUT2D eigenvalue weighted by Crippen LogP contribution is 2.25. The minimum Gasteiger partial charge on any atom is -0.383 e. The van der Waals surface area contributed by atoms with Gasteiger partial charge in [-0.3, -0.25) is 9.59 Å². The van der Waals surface area contributed by atoms with Gasteiger partial charge in [0.1, 0.15) is 6.10 Å². The van der Waals surface area contributed by atoms with Crippen molar-refractivity contribution in [2.24, 2.45) is 5.73 Å². The van der Waals surface area contributed by atoms with Crippen LogP contribution in [0.3, 0.4) is 0 Å². The van der Waals surface area contributed by atoms with Crippen molar-refractivity contribution in [2.45, 2.75) is 6.10 Å². The Hall–Kier alpha value is -3.39. The molecule has 0 fully saturated rings. The van der Waals surface area contributed by atoms with Gasteiger partial charge in [0, 0.05) is 6.42 Å². The van der Waals surface area contributed by atoms with Crippen LogP contribution in [0.5, 0.6) is 0 Å². The average Bonchev–Trinajstić information content (AvgIpc) is 2.95. The Morgan fingerprint density at radius 3 is 2.60 bits per heavy atom. The largest absolute Gasteiger partial charge is 0.383 e. The quantitative estimate of drug-likeness (QED) is 0.467. The number of carbonyl (C=O) groups excluding carboxylic acids is 2. The summed E-state index contributed by atoms with van der Waals surface area (Å²) in [5.41, 5.74) is 12.7. The van der Waals surface area contributed by atoms with Gasteiger partial charge in [-0.15, -0.1) is 0 Å². The topological polar surface area (TPSA) is 147 Å². The number of nitrogens with two attached hydrogens (primary N) is 2. The molecule has 1 atom stereocenters. The van der Waals surface area contributed by atoms with Crippen molar-refractivity contribution in [3.05, 3.63) is 60.0 Å². The van der Waals surface area contributed by atoms with Crippen molar-refractivity contribution < 1.29 is 14.7 Å². The number of aliphatic hydroxyl groups excluding tert-OH is 1. The Morgan fingerprint density at radius 1 is 1.20 bits per heavy atom. The number of hydrogen-bond acceptors (Lipinski definition) is 5. The molecular formula is C17H16N5O3. The number of nitrogen functional groups attached to an aromatic ring is 1. The van der Waals surface area contributed by atoms with Gasteiger partial charge in [-0.1, -0.05) is 30.3 Å². The van der Waals surface area contributed by atoms with E-state index in [9.17, 15) is 14.7 Å². The van der Waals surface area contributed by atoms with E-state index >= 15 is 0 Å². The second-order valence-corrected chi connectivity index (χ2v) is 5.38. The number of benzene rings is 2. The molecule has 1 unspecified atom stereocenters. The smallest absolute Gasteiger partial charge is 0.253 e. The molecule has 1 radical (unpaired) electrons. The van der Waals surface area contributed by atoms with Crippen molar-refractivity contribution in [2.75, 3.05) is 11.1 Å². The molecule has 3 rings (SSSR count). The number of nitrogens with zero attached hydrogens (tertiary/aromatic N) is 1. The zero-order valence-corrected chi connectivity index (χ0v) is 13.1. The van der Waals surface area contributed by atoms with E-state index in [4.69, 9.17) is 11.5 Å². The van der Waals surface area contributed by atoms with Gasteiger partial charge in [0.05, 0.1) is 22.3 Å². The van der Waals surface area contributed by atoms with Crippen molar-refractivity contribution in [1.29, 1.82) is 0 Å². The molecule has 2 aromatic carbocycles. The normalized spacial score (nSPS) is 12.0. The van der Waals surface area contributed by atoms with Gasteiger partial charge >= 0.3 is 0 Å². The maximum atomic E-state index is 12.2. The summed E-state index contributed by atoms with van der Waals surface area (Å²) in [6, 6.07) is 12.0. The molecule has 1 aromatic heterocycles. The molecule has 25 heavy (non-hydrogen) atoms. The summed E-state index contributed by atoms with van der Waals surface area (Å²) in [5.74, 6) is -1.33. The summed E-state index contributed by atoms with van der Waals surface area (Å²) in [6.45, 7) is 0. The number of aromatic amines is 1. The van der Waals surface area contributed by atoms with E-state index in [0.717, 1.165) is 0 Å². The van der Waals surface area contributed by atoms with Crippen LogP contribution in [-0.2, 0) is 4.79 Å². The number of imidazole rings is 1. The Balaban J connectivity index is 1.85. The fourth-order valence-corrected chi connectivity index (χ4v) is 2.49. The molecule has 0 saturated carbocycles. The summed E-state index contributed by atoms with van der Waals surface area (Å²) in [6.07, 6.45) is -0.00271. The van der Waals surface area contributed by atoms with Gasteiger partial charge in [-0.25, -0.2) is 4.98 Å². The van der Waals surface area contributed by atoms with Gasteiger partial charge in [-0.05, 0) is 17.7 Å². The predicted octanol–water partition coefficient (Wildman–Crippen LogP) is 0.796. The highest BCUT2D eigenvalue weighted by atomic mass is 16.3. The molecule has 0 aliphatic carbocycles. The third kappa shape index (κ3) is 3.43. The van der Waals surface area contributed by atoms with Gasteiger partial charge in [0.2, 0.25) is 0 Å². The number of aromatic nitrogens is 2. The fraction of sp³-hybridized carbons (Fsp3) is 0.0588. The van der Waals surface area contributed by atoms with E-state index in [0.29, 0.717) is 16.6 Å². The number of amides is 2. The maximum Gasteiger partial charge on any atom is 0.253 e. The van der Waals surface area contributed by atoms with Crippen LogP contribution >= 0.6 is 0 Å². The van der Waals surface area contributed by atoms with Crippen LogP contribution in [0.15, 0.2) is 42.5 Å². The lowest BCUT2D eigenvalue weighted by Crippen LogP contribution is -2.29. The van der Waals surface area contributed by atoms with E-state index < -0.39 is 17.9 Å². The Labute approximate surface area is 142 Å². The first-order valence-electron chi connectivity index (χ1n) is 7.42. The molecule has 8 heteroatoms. The molecule has 8 nitrogen and oxygen atoms in total. The second-order valence-electron chi connectivity index (χ2n) is 5.38. The van der Waals surface area contributed by atoms with Crippen LogP contribution in [0.4, 0.5) is 11.6 Å². The van der Waals surface area contributed by atoms with Crippen LogP contribution in [0.25, 0.3) is 11.0 Å². The molecule has 7 N–H and O–H groups in total. The molecule has 0 aliphatic heterocycles. The molecule has 127 valence electrons. The molecule has 0 saturated heterocycles. The first kappa shape index (κ1) is 16.5. The number of fused-ring (bicyclic) bond motifs is 1. The number of rotatable bonds is 5. The highest BCUT2D eigenvalue weighted by Gasteiger charge is 2.21. The summed E-state index contributed by atoms with van der Waals surface area (Å²) in [4.78, 5) is 30.8. The lowest BCUT2D eigenvalue weighted by Gasteiger charge is -2.13. The summed E-state index contributed by atoms with van der Waals surface area (Å²) < 4.78 is 0. The number of primary amides is 1. The van der Waals surface area contributed by atoms with Crippen LogP contribution < -0.4 is 16.8 Å². The molecule has 3 aromatic rings. The summed E-state index contributed by atoms with van der Waals surface area (Å²) in [7, 11) is 0. The third-order valence-corrected chi connectivity index (χ3v) is 3.60. The predicted molar refractivity (Wildman–Crippen MR) is 93.5 cm³/mol. The van der Waals surface area contributed by atoms with E-state index in [1.807, 2.05) is 6.07 Å². The van der Waals surface area contributed by atoms with Gasteiger partial charge in [0.15, 0.2) is 5.95 Å². The van der Waals surface area contributed by atoms with Gasteiger partial charge in [0.25, 0.3) is 11.8 Å². The highest BCUT2D eigenvalue weighted by molar-refractivity contribution is 6.12. The zero-order chi connectivity index (χ0) is 18.0. The first-order valence-corrected chi connectivity index (χ1v) is 7.42. The number of carbonyl (C=O) groups is 2. The Bertz CT molecular complexity index is 936. The number of H-pyrrole nitrogens is 1. The summed E-state index contributed by atoms with van der Waals surface area (Å²) in [5, 5.41) is 12.6. The second kappa shape index (κ2) is 6.62. The molecule has 0 spiro atoms. The van der Waals surface area contributed by atoms with E-state index in [-0.39, 0.29) is 17.2 Å². The minimum absolute atomic E-state index is 0.0435. The Morgan fingerprint density at radius 2 is 1.92 bits per heavy atom. The Kier molecular flexibility index (Phi) is 4.36. The van der Waals surface area contributed by atoms with Crippen LogP contribution in [0, 0.1) is 6.42 Å². The number of anilines is 2. The van der Waals surface area contributed by atoms with Gasteiger partial charge < -0.3 is 26.9 Å². The van der Waals surface area contributed by atoms with E-state index in [2.05, 4.69) is 15.3 Å². The standard InChI is InChI=1S/C17H16N5O3/c18-15(24)13-10(6-7-11-14(13)22-17(19)21-11)20-16(25)12(23)8-9-4-2-1-3-5-9/h1-8,12,23H,(H2,18,24)(H,20,25)(H3,19,21,22). The first-order chi connectivity index (χ1) is 12.0. The minimum atomic E-state index is -1.40. The fourth-order valence-electron chi connectivity index (χ4n) is 2.49. The number of aliphatic hydroxyl groups is 1. The van der Waals surface area contributed by atoms with E-state index in [1.54, 1.807) is 30.3 Å². The molecule has 0 bridgehead atoms. The number of hydrogen-bond donors (Lipinski definition) is 5. The molecule has 0 aliphatic rings. The SMILES string of the molecule is NC(=O)c1c(NC(=O)C(O)[CH]c2ccccc2)ccc2nc(N)[nH]c12. The van der Waals surface area contributed by atoms with Crippen LogP contribution in [0.2, 0.25) is 0 Å². The zero-order valence-electron chi connectivity index (χ0n) is 13.1. The van der Waals surface area contributed by atoms with Gasteiger partial charge in [-0.2, -0.15) is 0 Å². The maximum absolute atomic E-state index is 12.2. The van der Waals surface area contributed by atoms with Crippen LogP contribution in [-0.4, -0.2) is 33.0 Å². The molecule has 1 heterocycles. The van der Waals surface area contributed by atoms with Crippen molar-refractivity contribution in [1.82, 2.24) is 9.97 Å². The van der Waals surface area contributed by atoms with Crippen molar-refractivity contribution in [3.8, 4) is 0 Å². The van der Waals surface area contributed by atoms with Crippen molar-refractivity contribution >= 4 is 34.5 Å². The van der Waals surface area contributed by atoms with Crippen molar-refractivity contribution in [3.63, 3.8) is 0 Å². The van der Waals surface area contributed by atoms with E-state index in [1.165, 1.54) is 12.5 Å². The monoisotopic (exact) mass is 338 g/mol. The third-order valence-electron chi connectivity index (χ3n) is 3.60. The summed E-state index contributed by atoms with van der Waals surface area (Å²) >= 11 is 0. The van der Waals surface area contributed by atoms with Crippen LogP contribution in [0.1, 0.15) is 15.9 Å². The lowest BCUT2D eigenvalue weighted by molar-refractivity contribution is -0.122. The molecule has 2 amide bonds. The number of nitrogens with one attached hydrogen (secondary N) is 2. The lowest BCUT2D eigenvalue weighted by atomic mass is 10.1. The average molecular weight is 338 g/mol.